The van der Waals surface area contributed by atoms with E-state index in [1.807, 2.05) is 0 Å². The number of hydrogen-bond donors (Lipinski definition) is 1. The van der Waals surface area contributed by atoms with E-state index in [2.05, 4.69) is 24.1 Å². The molecule has 0 radical (unpaired) electrons. The predicted octanol–water partition coefficient (Wildman–Crippen LogP) is 0.884. The summed E-state index contributed by atoms with van der Waals surface area (Å²) in [5.41, 5.74) is 0. The molecule has 0 aromatic carbocycles. The van der Waals surface area contributed by atoms with Gasteiger partial charge in [0, 0.05) is 30.9 Å². The first-order valence-corrected chi connectivity index (χ1v) is 8.44. The van der Waals surface area contributed by atoms with Crippen LogP contribution in [0.25, 0.3) is 0 Å². The molecule has 0 spiro atoms. The number of hydrogen-bond acceptors (Lipinski definition) is 4. The fourth-order valence-corrected chi connectivity index (χ4v) is 2.96. The highest BCUT2D eigenvalue weighted by Gasteiger charge is 2.20. The molecular formula is C12H26N2O2S. The Morgan fingerprint density at radius 1 is 1.41 bits per heavy atom. The molecule has 1 rings (SSSR count). The van der Waals surface area contributed by atoms with Crippen LogP contribution in [0.15, 0.2) is 0 Å². The maximum Gasteiger partial charge on any atom is 0.151 e. The molecule has 1 fully saturated rings. The Morgan fingerprint density at radius 2 is 2.12 bits per heavy atom. The molecule has 0 bridgehead atoms. The van der Waals surface area contributed by atoms with Crippen LogP contribution >= 0.6 is 0 Å². The van der Waals surface area contributed by atoms with Crippen molar-refractivity contribution in [2.75, 3.05) is 31.1 Å². The second-order valence-electron chi connectivity index (χ2n) is 5.12. The molecule has 0 saturated carbocycles. The Balaban J connectivity index is 2.43. The zero-order chi connectivity index (χ0) is 12.9. The Labute approximate surface area is 106 Å². The maximum absolute atomic E-state index is 11.5. The fourth-order valence-electron chi connectivity index (χ4n) is 2.16. The van der Waals surface area contributed by atoms with Crippen molar-refractivity contribution in [1.82, 2.24) is 10.2 Å². The summed E-state index contributed by atoms with van der Waals surface area (Å²) >= 11 is 0. The molecule has 1 atom stereocenters. The molecule has 0 amide bonds. The first kappa shape index (κ1) is 14.9. The fraction of sp³-hybridized carbons (Fsp3) is 1.00. The zero-order valence-corrected chi connectivity index (χ0v) is 12.1. The number of nitrogens with one attached hydrogen (secondary N) is 1. The van der Waals surface area contributed by atoms with Crippen molar-refractivity contribution in [3.05, 3.63) is 0 Å². The molecule has 1 aliphatic rings. The van der Waals surface area contributed by atoms with Crippen LogP contribution in [0.5, 0.6) is 0 Å². The van der Waals surface area contributed by atoms with Gasteiger partial charge in [-0.1, -0.05) is 6.92 Å². The zero-order valence-electron chi connectivity index (χ0n) is 11.3. The van der Waals surface area contributed by atoms with Crippen LogP contribution in [0.4, 0.5) is 0 Å². The van der Waals surface area contributed by atoms with Crippen LogP contribution in [0.2, 0.25) is 0 Å². The third-order valence-corrected chi connectivity index (χ3v) is 5.16. The average molecular weight is 262 g/mol. The molecule has 1 N–H and O–H groups in total. The lowest BCUT2D eigenvalue weighted by Crippen LogP contribution is -2.43. The highest BCUT2D eigenvalue weighted by atomic mass is 32.2. The molecule has 1 saturated heterocycles. The Bertz CT molecular complexity index is 308. The average Bonchev–Trinajstić information content (AvgIpc) is 2.76. The van der Waals surface area contributed by atoms with E-state index in [0.717, 1.165) is 13.1 Å². The number of nitrogens with zero attached hydrogens (tertiary/aromatic N) is 1. The van der Waals surface area contributed by atoms with Crippen LogP contribution in [-0.2, 0) is 9.84 Å². The van der Waals surface area contributed by atoms with Crippen molar-refractivity contribution in [3.63, 3.8) is 0 Å². The van der Waals surface area contributed by atoms with E-state index in [1.165, 1.54) is 12.8 Å². The number of sulfone groups is 1. The van der Waals surface area contributed by atoms with Gasteiger partial charge in [-0.15, -0.1) is 0 Å². The van der Waals surface area contributed by atoms with Crippen molar-refractivity contribution < 1.29 is 8.42 Å². The van der Waals surface area contributed by atoms with Crippen LogP contribution in [0.3, 0.4) is 0 Å². The van der Waals surface area contributed by atoms with Gasteiger partial charge < -0.3 is 5.32 Å². The molecule has 0 aromatic rings. The van der Waals surface area contributed by atoms with E-state index >= 15 is 0 Å². The van der Waals surface area contributed by atoms with E-state index in [9.17, 15) is 8.42 Å². The second-order valence-corrected chi connectivity index (χ2v) is 7.59. The summed E-state index contributed by atoms with van der Waals surface area (Å²) < 4.78 is 23.0. The normalized spacial score (nSPS) is 21.6. The molecule has 1 unspecified atom stereocenters. The first-order chi connectivity index (χ1) is 7.94. The van der Waals surface area contributed by atoms with Gasteiger partial charge in [-0.3, -0.25) is 4.90 Å². The van der Waals surface area contributed by atoms with E-state index in [1.54, 1.807) is 6.92 Å². The first-order valence-electron chi connectivity index (χ1n) is 6.62. The molecule has 102 valence electrons. The summed E-state index contributed by atoms with van der Waals surface area (Å²) in [5, 5.41) is 3.46. The van der Waals surface area contributed by atoms with Gasteiger partial charge in [0.05, 0.1) is 5.75 Å². The van der Waals surface area contributed by atoms with Gasteiger partial charge in [0.1, 0.15) is 0 Å². The SMILES string of the molecule is CCS(=O)(=O)CCN(CC1CCCN1)C(C)C. The monoisotopic (exact) mass is 262 g/mol. The lowest BCUT2D eigenvalue weighted by atomic mass is 10.2. The molecule has 4 nitrogen and oxygen atoms in total. The molecule has 17 heavy (non-hydrogen) atoms. The molecule has 0 aromatic heterocycles. The van der Waals surface area contributed by atoms with Crippen molar-refractivity contribution >= 4 is 9.84 Å². The molecule has 0 aliphatic carbocycles. The smallest absolute Gasteiger partial charge is 0.151 e. The predicted molar refractivity (Wildman–Crippen MR) is 72.1 cm³/mol. The lowest BCUT2D eigenvalue weighted by Gasteiger charge is -2.29. The van der Waals surface area contributed by atoms with Gasteiger partial charge in [0.15, 0.2) is 9.84 Å². The van der Waals surface area contributed by atoms with Gasteiger partial charge in [0.25, 0.3) is 0 Å². The van der Waals surface area contributed by atoms with E-state index in [0.29, 0.717) is 18.6 Å². The Kier molecular flexibility index (Phi) is 5.89. The lowest BCUT2D eigenvalue weighted by molar-refractivity contribution is 0.214. The van der Waals surface area contributed by atoms with Crippen LogP contribution in [-0.4, -0.2) is 56.5 Å². The second kappa shape index (κ2) is 6.71. The Morgan fingerprint density at radius 3 is 2.59 bits per heavy atom. The van der Waals surface area contributed by atoms with Crippen LogP contribution in [0, 0.1) is 0 Å². The van der Waals surface area contributed by atoms with Crippen molar-refractivity contribution in [1.29, 1.82) is 0 Å². The Hall–Kier alpha value is -0.130. The topological polar surface area (TPSA) is 49.4 Å². The summed E-state index contributed by atoms with van der Waals surface area (Å²) in [5.74, 6) is 0.537. The van der Waals surface area contributed by atoms with Crippen molar-refractivity contribution in [2.24, 2.45) is 0 Å². The van der Waals surface area contributed by atoms with Gasteiger partial charge >= 0.3 is 0 Å². The molecule has 1 heterocycles. The third kappa shape index (κ3) is 5.36. The van der Waals surface area contributed by atoms with Gasteiger partial charge in [0.2, 0.25) is 0 Å². The van der Waals surface area contributed by atoms with Gasteiger partial charge in [-0.25, -0.2) is 8.42 Å². The van der Waals surface area contributed by atoms with Crippen molar-refractivity contribution in [2.45, 2.75) is 45.7 Å². The van der Waals surface area contributed by atoms with Crippen LogP contribution in [0.1, 0.15) is 33.6 Å². The van der Waals surface area contributed by atoms with Gasteiger partial charge in [-0.05, 0) is 33.2 Å². The summed E-state index contributed by atoms with van der Waals surface area (Å²) in [4.78, 5) is 2.27. The van der Waals surface area contributed by atoms with Gasteiger partial charge in [-0.2, -0.15) is 0 Å². The summed E-state index contributed by atoms with van der Waals surface area (Å²) in [6.07, 6.45) is 2.45. The largest absolute Gasteiger partial charge is 0.313 e. The molecular weight excluding hydrogens is 236 g/mol. The highest BCUT2D eigenvalue weighted by Crippen LogP contribution is 2.09. The summed E-state index contributed by atoms with van der Waals surface area (Å²) in [6.45, 7) is 8.71. The summed E-state index contributed by atoms with van der Waals surface area (Å²) in [6, 6.07) is 0.950. The molecule has 5 heteroatoms. The van der Waals surface area contributed by atoms with E-state index < -0.39 is 9.84 Å². The standard InChI is InChI=1S/C12H26N2O2S/c1-4-17(15,16)9-8-14(11(2)3)10-12-6-5-7-13-12/h11-13H,4-10H2,1-3H3. The summed E-state index contributed by atoms with van der Waals surface area (Å²) in [7, 11) is -2.84. The quantitative estimate of drug-likeness (QED) is 0.740. The molecule has 1 aliphatic heterocycles. The maximum atomic E-state index is 11.5. The van der Waals surface area contributed by atoms with E-state index in [4.69, 9.17) is 0 Å². The van der Waals surface area contributed by atoms with Crippen LogP contribution < -0.4 is 5.32 Å². The van der Waals surface area contributed by atoms with E-state index in [-0.39, 0.29) is 11.5 Å². The minimum Gasteiger partial charge on any atom is -0.313 e. The highest BCUT2D eigenvalue weighted by molar-refractivity contribution is 7.91. The number of rotatable bonds is 7. The third-order valence-electron chi connectivity index (χ3n) is 3.48. The minimum atomic E-state index is -2.84. The minimum absolute atomic E-state index is 0.251. The van der Waals surface area contributed by atoms with Crippen molar-refractivity contribution in [3.8, 4) is 0 Å².